The number of aryl methyl sites for hydroxylation is 2. The first-order valence-electron chi connectivity index (χ1n) is 9.60. The van der Waals surface area contributed by atoms with Crippen molar-refractivity contribution in [1.29, 1.82) is 0 Å². The maximum absolute atomic E-state index is 12.4. The molecule has 3 rings (SSSR count). The molecule has 0 aliphatic rings. The second-order valence-electron chi connectivity index (χ2n) is 6.99. The molecular weight excluding hydrogens is 434 g/mol. The van der Waals surface area contributed by atoms with Gasteiger partial charge in [-0.05, 0) is 61.4 Å². The van der Waals surface area contributed by atoms with Gasteiger partial charge >= 0.3 is 5.69 Å². The number of para-hydroxylation sites is 1. The van der Waals surface area contributed by atoms with E-state index in [1.807, 2.05) is 32.0 Å². The third-order valence-electron chi connectivity index (χ3n) is 4.62. The molecule has 8 nitrogen and oxygen atoms in total. The minimum absolute atomic E-state index is 0.0276. The number of hydrogen-bond donors (Lipinski definition) is 2. The zero-order valence-corrected chi connectivity index (χ0v) is 18.1. The van der Waals surface area contributed by atoms with E-state index in [2.05, 4.69) is 10.6 Å². The molecule has 0 spiro atoms. The van der Waals surface area contributed by atoms with Crippen molar-refractivity contribution < 1.29 is 19.2 Å². The van der Waals surface area contributed by atoms with Gasteiger partial charge in [0.25, 0.3) is 5.91 Å². The predicted octanol–water partition coefficient (Wildman–Crippen LogP) is 5.03. The molecule has 0 heterocycles. The van der Waals surface area contributed by atoms with E-state index < -0.39 is 10.8 Å². The Bertz CT molecular complexity index is 1160. The summed E-state index contributed by atoms with van der Waals surface area (Å²) < 4.78 is 5.55. The van der Waals surface area contributed by atoms with Crippen LogP contribution in [0.2, 0.25) is 5.02 Å². The van der Waals surface area contributed by atoms with Crippen molar-refractivity contribution in [3.63, 3.8) is 0 Å². The average Bonchev–Trinajstić information content (AvgIpc) is 2.76. The van der Waals surface area contributed by atoms with E-state index in [0.717, 1.165) is 16.8 Å². The van der Waals surface area contributed by atoms with Crippen LogP contribution in [-0.4, -0.2) is 23.3 Å². The summed E-state index contributed by atoms with van der Waals surface area (Å²) in [5.41, 5.74) is 2.63. The van der Waals surface area contributed by atoms with E-state index in [4.69, 9.17) is 16.3 Å². The summed E-state index contributed by atoms with van der Waals surface area (Å²) in [6.45, 7) is 3.59. The Kier molecular flexibility index (Phi) is 7.07. The van der Waals surface area contributed by atoms with E-state index >= 15 is 0 Å². The molecule has 0 unspecified atom stereocenters. The summed E-state index contributed by atoms with van der Waals surface area (Å²) in [4.78, 5) is 35.1. The summed E-state index contributed by atoms with van der Waals surface area (Å²) in [6, 6.07) is 15.8. The number of carbonyl (C=O) groups is 2. The molecule has 3 aromatic rings. The predicted molar refractivity (Wildman–Crippen MR) is 122 cm³/mol. The molecular formula is C23H20ClN3O5. The number of halogens is 1. The first-order chi connectivity index (χ1) is 15.2. The minimum atomic E-state index is -0.591. The number of nitrogens with one attached hydrogen (secondary N) is 2. The lowest BCUT2D eigenvalue weighted by molar-refractivity contribution is -0.385. The van der Waals surface area contributed by atoms with Gasteiger partial charge in [-0.25, -0.2) is 0 Å². The summed E-state index contributed by atoms with van der Waals surface area (Å²) >= 11 is 5.80. The van der Waals surface area contributed by atoms with E-state index in [0.29, 0.717) is 11.3 Å². The molecule has 0 radical (unpaired) electrons. The maximum atomic E-state index is 12.4. The maximum Gasteiger partial charge on any atom is 0.313 e. The topological polar surface area (TPSA) is 111 Å². The van der Waals surface area contributed by atoms with Crippen molar-refractivity contribution in [2.75, 3.05) is 11.9 Å². The van der Waals surface area contributed by atoms with Crippen LogP contribution < -0.4 is 15.4 Å². The van der Waals surface area contributed by atoms with Crippen LogP contribution >= 0.6 is 11.6 Å². The van der Waals surface area contributed by atoms with Gasteiger partial charge in [-0.1, -0.05) is 29.8 Å². The lowest BCUT2D eigenvalue weighted by atomic mass is 10.1. The van der Waals surface area contributed by atoms with Crippen LogP contribution in [0.4, 0.5) is 11.4 Å². The zero-order chi connectivity index (χ0) is 23.3. The van der Waals surface area contributed by atoms with Gasteiger partial charge in [0, 0.05) is 22.3 Å². The number of anilines is 1. The number of hydrogen-bond acceptors (Lipinski definition) is 5. The van der Waals surface area contributed by atoms with Crippen LogP contribution in [0.15, 0.2) is 60.7 Å². The fourth-order valence-corrected chi connectivity index (χ4v) is 3.15. The highest BCUT2D eigenvalue weighted by Crippen LogP contribution is 2.33. The molecule has 0 aromatic heterocycles. The normalized spacial score (nSPS) is 10.3. The highest BCUT2D eigenvalue weighted by Gasteiger charge is 2.17. The van der Waals surface area contributed by atoms with Crippen LogP contribution in [-0.2, 0) is 4.79 Å². The van der Waals surface area contributed by atoms with Crippen molar-refractivity contribution in [2.24, 2.45) is 0 Å². The number of rotatable bonds is 7. The van der Waals surface area contributed by atoms with Crippen LogP contribution in [0.5, 0.6) is 11.5 Å². The monoisotopic (exact) mass is 453 g/mol. The number of carbonyl (C=O) groups excluding carboxylic acids is 2. The van der Waals surface area contributed by atoms with Crippen molar-refractivity contribution >= 4 is 34.8 Å². The summed E-state index contributed by atoms with van der Waals surface area (Å²) in [6.07, 6.45) is 0. The number of nitrogens with zero attached hydrogens (tertiary/aromatic N) is 1. The van der Waals surface area contributed by atoms with Crippen LogP contribution in [0, 0.1) is 24.0 Å². The first-order valence-corrected chi connectivity index (χ1v) is 9.98. The van der Waals surface area contributed by atoms with Crippen molar-refractivity contribution in [2.45, 2.75) is 13.8 Å². The van der Waals surface area contributed by atoms with Crippen molar-refractivity contribution in [3.8, 4) is 11.5 Å². The number of ether oxygens (including phenoxy) is 1. The highest BCUT2D eigenvalue weighted by molar-refractivity contribution is 6.30. The molecule has 3 aromatic carbocycles. The number of amides is 2. The Morgan fingerprint density at radius 3 is 2.31 bits per heavy atom. The second-order valence-corrected chi connectivity index (χ2v) is 7.43. The van der Waals surface area contributed by atoms with Gasteiger partial charge in [0.2, 0.25) is 11.7 Å². The molecule has 2 N–H and O–H groups in total. The Labute approximate surface area is 189 Å². The lowest BCUT2D eigenvalue weighted by Gasteiger charge is -2.12. The average molecular weight is 454 g/mol. The van der Waals surface area contributed by atoms with E-state index in [1.54, 1.807) is 0 Å². The Balaban J connectivity index is 1.60. The molecule has 0 saturated carbocycles. The van der Waals surface area contributed by atoms with Gasteiger partial charge < -0.3 is 15.4 Å². The largest absolute Gasteiger partial charge is 0.450 e. The van der Waals surface area contributed by atoms with Crippen molar-refractivity contribution in [3.05, 3.63) is 92.5 Å². The van der Waals surface area contributed by atoms with E-state index in [9.17, 15) is 19.7 Å². The smallest absolute Gasteiger partial charge is 0.313 e. The number of nitro groups is 1. The van der Waals surface area contributed by atoms with Gasteiger partial charge in [0.15, 0.2) is 0 Å². The third kappa shape index (κ3) is 5.61. The molecule has 2 amide bonds. The molecule has 0 fully saturated rings. The summed E-state index contributed by atoms with van der Waals surface area (Å²) in [5, 5.41) is 16.8. The van der Waals surface area contributed by atoms with Crippen LogP contribution in [0.3, 0.4) is 0 Å². The highest BCUT2D eigenvalue weighted by atomic mass is 35.5. The first kappa shape index (κ1) is 22.8. The Morgan fingerprint density at radius 2 is 1.69 bits per heavy atom. The van der Waals surface area contributed by atoms with Crippen LogP contribution in [0.1, 0.15) is 21.5 Å². The fraction of sp³-hybridized carbons (Fsp3) is 0.130. The molecule has 9 heteroatoms. The standard InChI is InChI=1S/C23H20ClN3O5/c1-14-4-3-5-15(2)22(14)26-21(28)13-25-23(29)16-6-9-18(10-7-16)32-20-11-8-17(24)12-19(20)27(30)31/h3-12H,13H2,1-2H3,(H,25,29)(H,26,28). The number of benzene rings is 3. The fourth-order valence-electron chi connectivity index (χ4n) is 2.98. The summed E-state index contributed by atoms with van der Waals surface area (Å²) in [5.74, 6) is -0.448. The molecule has 32 heavy (non-hydrogen) atoms. The van der Waals surface area contributed by atoms with Crippen molar-refractivity contribution in [1.82, 2.24) is 5.32 Å². The Hall–Kier alpha value is -3.91. The Morgan fingerprint density at radius 1 is 1.03 bits per heavy atom. The molecule has 0 saturated heterocycles. The lowest BCUT2D eigenvalue weighted by Crippen LogP contribution is -2.33. The summed E-state index contributed by atoms with van der Waals surface area (Å²) in [7, 11) is 0. The molecule has 164 valence electrons. The molecule has 0 bridgehead atoms. The van der Waals surface area contributed by atoms with Gasteiger partial charge in [-0.2, -0.15) is 0 Å². The quantitative estimate of drug-likeness (QED) is 0.385. The van der Waals surface area contributed by atoms with Gasteiger partial charge in [-0.15, -0.1) is 0 Å². The van der Waals surface area contributed by atoms with Gasteiger partial charge in [0.1, 0.15) is 5.75 Å². The zero-order valence-electron chi connectivity index (χ0n) is 17.3. The molecule has 0 aliphatic heterocycles. The second kappa shape index (κ2) is 9.93. The minimum Gasteiger partial charge on any atom is -0.450 e. The van der Waals surface area contributed by atoms with E-state index in [-0.39, 0.29) is 28.9 Å². The molecule has 0 aliphatic carbocycles. The van der Waals surface area contributed by atoms with E-state index in [1.165, 1.54) is 42.5 Å². The number of nitro benzene ring substituents is 1. The SMILES string of the molecule is Cc1cccc(C)c1NC(=O)CNC(=O)c1ccc(Oc2ccc(Cl)cc2[N+](=O)[O-])cc1. The van der Waals surface area contributed by atoms with Gasteiger partial charge in [-0.3, -0.25) is 19.7 Å². The van der Waals surface area contributed by atoms with Gasteiger partial charge in [0.05, 0.1) is 11.5 Å². The van der Waals surface area contributed by atoms with Crippen LogP contribution in [0.25, 0.3) is 0 Å². The molecule has 0 atom stereocenters. The third-order valence-corrected chi connectivity index (χ3v) is 4.85.